The number of hydroxylamine groups is 1. The Kier molecular flexibility index (Phi) is 3.51. The van der Waals surface area contributed by atoms with E-state index in [9.17, 15) is 14.4 Å². The minimum Gasteiger partial charge on any atom is -0.453 e. The molecule has 1 atom stereocenters. The zero-order valence-electron chi connectivity index (χ0n) is 11.8. The first-order valence-corrected chi connectivity index (χ1v) is 6.67. The van der Waals surface area contributed by atoms with Gasteiger partial charge in [0.15, 0.2) is 17.4 Å². The van der Waals surface area contributed by atoms with E-state index in [1.165, 1.54) is 12.3 Å². The summed E-state index contributed by atoms with van der Waals surface area (Å²) in [5, 5.41) is 10.1. The molecule has 22 heavy (non-hydrogen) atoms. The lowest BCUT2D eigenvalue weighted by Crippen LogP contribution is -2.47. The number of carbonyl (C=O) groups is 1. The highest BCUT2D eigenvalue weighted by Crippen LogP contribution is 2.30. The monoisotopic (exact) mass is 303 g/mol. The predicted molar refractivity (Wildman–Crippen MR) is 76.4 cm³/mol. The number of hydrogen-bond acceptors (Lipinski definition) is 5. The van der Waals surface area contributed by atoms with E-state index in [0.717, 1.165) is 5.56 Å². The molecular weight excluding hydrogens is 289 g/mol. The van der Waals surface area contributed by atoms with Gasteiger partial charge in [-0.3, -0.25) is 10.0 Å². The van der Waals surface area contributed by atoms with Gasteiger partial charge < -0.3 is 10.5 Å². The van der Waals surface area contributed by atoms with Crippen molar-refractivity contribution in [2.24, 2.45) is 5.73 Å². The van der Waals surface area contributed by atoms with E-state index in [2.05, 4.69) is 4.98 Å². The zero-order valence-corrected chi connectivity index (χ0v) is 11.8. The number of benzene rings is 1. The number of rotatable bonds is 2. The van der Waals surface area contributed by atoms with Gasteiger partial charge in [-0.2, -0.15) is 5.06 Å². The highest BCUT2D eigenvalue weighted by Gasteiger charge is 2.31. The molecule has 6 nitrogen and oxygen atoms in total. The molecule has 3 rings (SSSR count). The maximum atomic E-state index is 13.7. The Morgan fingerprint density at radius 1 is 1.45 bits per heavy atom. The quantitative estimate of drug-likeness (QED) is 0.828. The van der Waals surface area contributed by atoms with Crippen LogP contribution in [0.3, 0.4) is 0 Å². The summed E-state index contributed by atoms with van der Waals surface area (Å²) in [5.74, 6) is -0.599. The maximum absolute atomic E-state index is 13.7. The van der Waals surface area contributed by atoms with E-state index in [4.69, 9.17) is 10.5 Å². The van der Waals surface area contributed by atoms with Crippen LogP contribution in [0.25, 0.3) is 0 Å². The summed E-state index contributed by atoms with van der Waals surface area (Å²) < 4.78 is 19.2. The number of anilines is 1. The van der Waals surface area contributed by atoms with Crippen molar-refractivity contribution in [1.29, 1.82) is 0 Å². The van der Waals surface area contributed by atoms with Gasteiger partial charge in [-0.05, 0) is 30.7 Å². The second kappa shape index (κ2) is 5.36. The van der Waals surface area contributed by atoms with Gasteiger partial charge in [0, 0.05) is 12.0 Å². The van der Waals surface area contributed by atoms with Crippen molar-refractivity contribution >= 4 is 11.7 Å². The first kappa shape index (κ1) is 14.4. The van der Waals surface area contributed by atoms with Crippen LogP contribution < -0.4 is 15.5 Å². The summed E-state index contributed by atoms with van der Waals surface area (Å²) in [6, 6.07) is 5.27. The third-order valence-electron chi connectivity index (χ3n) is 3.40. The number of amides is 1. The van der Waals surface area contributed by atoms with Crippen molar-refractivity contribution in [3.8, 4) is 11.5 Å². The Hall–Kier alpha value is -2.51. The standard InChI is InChI=1S/C15H14FN3O3/c1-8-2-3-11(16)13(4-8)22-10-5-9-6-12(17)15(20)19(21)14(9)18-7-10/h2-5,7,12,21H,6,17H2,1H3/t12-/m0/s1. The normalized spacial score (nSPS) is 17.4. The van der Waals surface area contributed by atoms with Crippen LogP contribution in [0.5, 0.6) is 11.5 Å². The highest BCUT2D eigenvalue weighted by atomic mass is 19.1. The SMILES string of the molecule is Cc1ccc(F)c(Oc2cnc3c(c2)C[C@H](N)C(=O)N3O)c1. The number of aryl methyl sites for hydroxylation is 1. The van der Waals surface area contributed by atoms with Crippen LogP contribution in [-0.4, -0.2) is 22.1 Å². The summed E-state index contributed by atoms with van der Waals surface area (Å²) in [6.45, 7) is 1.83. The molecule has 0 radical (unpaired) electrons. The molecule has 0 saturated carbocycles. The molecule has 114 valence electrons. The molecule has 0 spiro atoms. The van der Waals surface area contributed by atoms with Gasteiger partial charge in [0.25, 0.3) is 5.91 Å². The van der Waals surface area contributed by atoms with E-state index in [0.29, 0.717) is 16.4 Å². The van der Waals surface area contributed by atoms with Crippen molar-refractivity contribution in [2.75, 3.05) is 5.06 Å². The summed E-state index contributed by atoms with van der Waals surface area (Å²) in [6.07, 6.45) is 1.54. The van der Waals surface area contributed by atoms with Crippen LogP contribution in [0.15, 0.2) is 30.5 Å². The highest BCUT2D eigenvalue weighted by molar-refractivity contribution is 5.97. The molecule has 1 aliphatic heterocycles. The third-order valence-corrected chi connectivity index (χ3v) is 3.40. The number of hydrogen-bond donors (Lipinski definition) is 2. The van der Waals surface area contributed by atoms with Crippen molar-refractivity contribution in [3.63, 3.8) is 0 Å². The molecule has 1 aromatic carbocycles. The summed E-state index contributed by atoms with van der Waals surface area (Å²) in [4.78, 5) is 15.6. The number of carbonyl (C=O) groups excluding carboxylic acids is 1. The lowest BCUT2D eigenvalue weighted by Gasteiger charge is -2.26. The smallest absolute Gasteiger partial charge is 0.269 e. The Balaban J connectivity index is 1.93. The molecule has 0 aliphatic carbocycles. The van der Waals surface area contributed by atoms with Gasteiger partial charge in [-0.1, -0.05) is 6.07 Å². The largest absolute Gasteiger partial charge is 0.453 e. The first-order chi connectivity index (χ1) is 10.5. The lowest BCUT2D eigenvalue weighted by molar-refractivity contribution is -0.125. The fourth-order valence-electron chi connectivity index (χ4n) is 2.28. The topological polar surface area (TPSA) is 88.7 Å². The molecule has 7 heteroatoms. The molecule has 1 aromatic heterocycles. The number of ether oxygens (including phenoxy) is 1. The van der Waals surface area contributed by atoms with Crippen molar-refractivity contribution in [1.82, 2.24) is 4.98 Å². The fourth-order valence-corrected chi connectivity index (χ4v) is 2.28. The van der Waals surface area contributed by atoms with Gasteiger partial charge in [0.1, 0.15) is 5.75 Å². The molecule has 0 fully saturated rings. The molecule has 3 N–H and O–H groups in total. The molecule has 1 amide bonds. The Morgan fingerprint density at radius 3 is 3.00 bits per heavy atom. The Morgan fingerprint density at radius 2 is 2.23 bits per heavy atom. The molecule has 2 heterocycles. The van der Waals surface area contributed by atoms with Crippen LogP contribution >= 0.6 is 0 Å². The number of nitrogens with two attached hydrogens (primary N) is 1. The van der Waals surface area contributed by atoms with Crippen molar-refractivity contribution in [3.05, 3.63) is 47.4 Å². The van der Waals surface area contributed by atoms with Gasteiger partial charge in [-0.25, -0.2) is 9.37 Å². The Labute approximate surface area is 125 Å². The van der Waals surface area contributed by atoms with E-state index >= 15 is 0 Å². The summed E-state index contributed by atoms with van der Waals surface area (Å²) in [5.41, 5.74) is 7.06. The van der Waals surface area contributed by atoms with Crippen molar-refractivity contribution in [2.45, 2.75) is 19.4 Å². The van der Waals surface area contributed by atoms with Crippen LogP contribution in [0.4, 0.5) is 10.2 Å². The molecule has 0 bridgehead atoms. The van der Waals surface area contributed by atoms with Gasteiger partial charge in [0.2, 0.25) is 0 Å². The average molecular weight is 303 g/mol. The number of fused-ring (bicyclic) bond motifs is 1. The second-order valence-corrected chi connectivity index (χ2v) is 5.15. The maximum Gasteiger partial charge on any atom is 0.269 e. The molecule has 2 aromatic rings. The van der Waals surface area contributed by atoms with Crippen LogP contribution in [-0.2, 0) is 11.2 Å². The van der Waals surface area contributed by atoms with Crippen LogP contribution in [0, 0.1) is 12.7 Å². The third kappa shape index (κ3) is 2.51. The second-order valence-electron chi connectivity index (χ2n) is 5.15. The molecule has 1 aliphatic rings. The lowest BCUT2D eigenvalue weighted by atomic mass is 10.0. The number of pyridine rings is 1. The van der Waals surface area contributed by atoms with E-state index in [1.807, 2.05) is 6.92 Å². The van der Waals surface area contributed by atoms with Gasteiger partial charge in [0.05, 0.1) is 12.2 Å². The first-order valence-electron chi connectivity index (χ1n) is 6.67. The average Bonchev–Trinajstić information content (AvgIpc) is 2.48. The fraction of sp³-hybridized carbons (Fsp3) is 0.200. The van der Waals surface area contributed by atoms with Crippen molar-refractivity contribution < 1.29 is 19.1 Å². The molecule has 0 saturated heterocycles. The van der Waals surface area contributed by atoms with Crippen LogP contribution in [0.2, 0.25) is 0 Å². The summed E-state index contributed by atoms with van der Waals surface area (Å²) >= 11 is 0. The van der Waals surface area contributed by atoms with E-state index in [1.54, 1.807) is 18.2 Å². The Bertz CT molecular complexity index is 751. The van der Waals surface area contributed by atoms with Crippen LogP contribution in [0.1, 0.15) is 11.1 Å². The zero-order chi connectivity index (χ0) is 15.9. The van der Waals surface area contributed by atoms with Gasteiger partial charge in [-0.15, -0.1) is 0 Å². The van der Waals surface area contributed by atoms with E-state index < -0.39 is 17.8 Å². The minimum absolute atomic E-state index is 0.0822. The number of nitrogens with zero attached hydrogens (tertiary/aromatic N) is 2. The number of halogens is 1. The number of aromatic nitrogens is 1. The summed E-state index contributed by atoms with van der Waals surface area (Å²) in [7, 11) is 0. The predicted octanol–water partition coefficient (Wildman–Crippen LogP) is 1.93. The molecular formula is C15H14FN3O3. The van der Waals surface area contributed by atoms with Gasteiger partial charge >= 0.3 is 0 Å². The van der Waals surface area contributed by atoms with E-state index in [-0.39, 0.29) is 18.0 Å². The minimum atomic E-state index is -0.842. The molecule has 0 unspecified atom stereocenters.